The van der Waals surface area contributed by atoms with Gasteiger partial charge in [0.2, 0.25) is 11.8 Å². The molecule has 87 heavy (non-hydrogen) atoms. The van der Waals surface area contributed by atoms with Gasteiger partial charge in [-0.25, -0.2) is 18.4 Å². The number of amides is 5. The zero-order chi connectivity index (χ0) is 64.8. The highest BCUT2D eigenvalue weighted by Crippen LogP contribution is 2.50. The van der Waals surface area contributed by atoms with E-state index in [1.807, 2.05) is 19.1 Å². The Morgan fingerprint density at radius 2 is 1.69 bits per heavy atom. The lowest BCUT2D eigenvalue weighted by Gasteiger charge is -2.41. The number of aryl methyl sites for hydroxylation is 1. The van der Waals surface area contributed by atoms with Crippen LogP contribution in [-0.2, 0) is 65.4 Å². The summed E-state index contributed by atoms with van der Waals surface area (Å²) in [6.07, 6.45) is 3.19. The molecule has 0 radical (unpaired) electrons. The molecule has 3 aliphatic rings. The quantitative estimate of drug-likeness (QED) is 0.0225. The van der Waals surface area contributed by atoms with E-state index in [1.54, 1.807) is 52.8 Å². The number of nitrogens with one attached hydrogen (secondary N) is 2. The van der Waals surface area contributed by atoms with Crippen LogP contribution in [0.2, 0.25) is 5.02 Å². The Morgan fingerprint density at radius 3 is 2.33 bits per heavy atom. The first kappa shape index (κ1) is 71.6. The molecule has 0 aromatic heterocycles. The number of fused-ring (bicyclic) bond motifs is 5. The van der Waals surface area contributed by atoms with Crippen LogP contribution in [0.3, 0.4) is 0 Å². The summed E-state index contributed by atoms with van der Waals surface area (Å²) >= 11 is 10.1. The van der Waals surface area contributed by atoms with Crippen LogP contribution in [0, 0.1) is 36.3 Å². The Bertz CT molecular complexity index is 2990. The number of anilines is 1. The number of methoxy groups -OCH3 is 1. The topological polar surface area (TPSA) is 271 Å². The third-order valence-electron chi connectivity index (χ3n) is 16.9. The van der Waals surface area contributed by atoms with Crippen LogP contribution in [0.15, 0.2) is 60.2 Å². The van der Waals surface area contributed by atoms with E-state index in [-0.39, 0.29) is 62.6 Å². The van der Waals surface area contributed by atoms with E-state index >= 15 is 8.78 Å². The molecule has 19 nitrogen and oxygen atoms in total. The number of nitrogens with zero attached hydrogens (tertiary/aromatic N) is 2. The Hall–Kier alpha value is -6.20. The number of Topliss-reactive ketones (excluding diaryl/α,β-unsaturated/α-hetero) is 3. The number of carbonyl (C=O) groups excluding carboxylic acids is 9. The summed E-state index contributed by atoms with van der Waals surface area (Å²) in [4.78, 5) is 123. The number of halogens is 4. The maximum Gasteiger partial charge on any atom is 0.328 e. The minimum Gasteiger partial charge on any atom is -0.462 e. The van der Waals surface area contributed by atoms with Gasteiger partial charge in [0.25, 0.3) is 5.91 Å². The number of ketones is 3. The number of ether oxygens (including phenoxy) is 4. The summed E-state index contributed by atoms with van der Waals surface area (Å²) in [6.45, 7) is 15.6. The maximum absolute atomic E-state index is 16.2. The first-order valence-electron chi connectivity index (χ1n) is 29.5. The highest BCUT2D eigenvalue weighted by molar-refractivity contribution is 9.09. The van der Waals surface area contributed by atoms with Crippen LogP contribution < -0.4 is 21.3 Å². The molecule has 10 atom stereocenters. The van der Waals surface area contributed by atoms with Gasteiger partial charge in [0.15, 0.2) is 11.6 Å². The van der Waals surface area contributed by atoms with E-state index in [0.29, 0.717) is 71.4 Å². The van der Waals surface area contributed by atoms with E-state index in [2.05, 4.69) is 33.1 Å². The summed E-state index contributed by atoms with van der Waals surface area (Å²) in [7, 11) is 4.11. The van der Waals surface area contributed by atoms with Crippen molar-refractivity contribution in [2.24, 2.45) is 23.5 Å². The molecule has 2 aromatic carbocycles. The van der Waals surface area contributed by atoms with Crippen LogP contribution in [0.4, 0.5) is 19.3 Å². The van der Waals surface area contributed by atoms with Gasteiger partial charge in [0, 0.05) is 77.0 Å². The predicted molar refractivity (Wildman–Crippen MR) is 327 cm³/mol. The van der Waals surface area contributed by atoms with Crippen molar-refractivity contribution in [3.05, 3.63) is 99.1 Å². The van der Waals surface area contributed by atoms with Crippen LogP contribution >= 0.6 is 27.5 Å². The number of likely N-dealkylation sites (N-methyl/N-ethyl adjacent to an activating group) is 1. The van der Waals surface area contributed by atoms with E-state index < -0.39 is 137 Å². The second-order valence-electron chi connectivity index (χ2n) is 24.0. The van der Waals surface area contributed by atoms with Crippen LogP contribution in [0.5, 0.6) is 0 Å². The fourth-order valence-electron chi connectivity index (χ4n) is 11.2. The van der Waals surface area contributed by atoms with Gasteiger partial charge in [-0.1, -0.05) is 97.6 Å². The first-order chi connectivity index (χ1) is 40.8. The summed E-state index contributed by atoms with van der Waals surface area (Å²) < 4.78 is 56.3. The third kappa shape index (κ3) is 19.2. The molecule has 478 valence electrons. The van der Waals surface area contributed by atoms with Crippen molar-refractivity contribution >= 4 is 86.3 Å². The second-order valence-corrected chi connectivity index (χ2v) is 24.9. The molecule has 3 heterocycles. The van der Waals surface area contributed by atoms with E-state index in [4.69, 9.17) is 36.3 Å². The second kappa shape index (κ2) is 31.8. The number of primary amides is 1. The SMILES string of the molecule is C=C(CBr)C(=O)CCCCCCC(=O)C[C@H](C(=O)N[C@@H](CCCNC(N)=O)C(=O)Cc1cc(F)c(C(=O)N(C)[C@@H](C)C(=O)O[C@H]2CC(=O)N(C)c3cc(cc(C)c3Cl)C/C(C)=C/C=C/[C@@H](OC)[C@]3(O)CC(=O)O[C@@H](C3)[C@@H](C)[C@@H]3O[C@@]23C)cc1F)C(C)C. The average molecular weight is 1300 g/mol. The number of rotatable bonds is 26. The van der Waals surface area contributed by atoms with Crippen molar-refractivity contribution < 1.29 is 76.0 Å². The number of hydrogen-bond acceptors (Lipinski definition) is 14. The molecular formula is C64H85BrClF2N5O14. The highest BCUT2D eigenvalue weighted by atomic mass is 79.9. The Balaban J connectivity index is 1.33. The number of aliphatic hydroxyl groups is 1. The summed E-state index contributed by atoms with van der Waals surface area (Å²) in [5.41, 5.74) is 4.15. The third-order valence-corrected chi connectivity index (χ3v) is 18.0. The van der Waals surface area contributed by atoms with E-state index in [1.165, 1.54) is 33.0 Å². The lowest BCUT2D eigenvalue weighted by atomic mass is 9.78. The summed E-state index contributed by atoms with van der Waals surface area (Å²) in [5, 5.41) is 17.8. The molecule has 2 aromatic rings. The molecule has 2 saturated heterocycles. The molecule has 0 aliphatic carbocycles. The van der Waals surface area contributed by atoms with Gasteiger partial charge in [0.05, 0.1) is 41.3 Å². The number of carbonyl (C=O) groups is 9. The van der Waals surface area contributed by atoms with Gasteiger partial charge in [-0.3, -0.25) is 33.6 Å². The number of epoxide rings is 1. The van der Waals surface area contributed by atoms with Crippen molar-refractivity contribution in [3.63, 3.8) is 0 Å². The monoisotopic (exact) mass is 1300 g/mol. The molecule has 3 aliphatic heterocycles. The maximum atomic E-state index is 16.2. The molecule has 0 unspecified atom stereocenters. The van der Waals surface area contributed by atoms with Gasteiger partial charge >= 0.3 is 18.0 Å². The van der Waals surface area contributed by atoms with E-state index in [0.717, 1.165) is 22.5 Å². The zero-order valence-corrected chi connectivity index (χ0v) is 53.8. The van der Waals surface area contributed by atoms with Gasteiger partial charge in [-0.15, -0.1) is 0 Å². The predicted octanol–water partition coefficient (Wildman–Crippen LogP) is 8.79. The minimum absolute atomic E-state index is 0.0172. The lowest BCUT2D eigenvalue weighted by molar-refractivity contribution is -0.187. The van der Waals surface area contributed by atoms with Gasteiger partial charge in [0.1, 0.15) is 53.0 Å². The number of hydrogen-bond donors (Lipinski definition) is 4. The van der Waals surface area contributed by atoms with Gasteiger partial charge in [-0.05, 0) is 106 Å². The molecule has 0 spiro atoms. The van der Waals surface area contributed by atoms with Crippen molar-refractivity contribution in [1.82, 2.24) is 15.5 Å². The Labute approximate surface area is 522 Å². The fourth-order valence-corrected chi connectivity index (χ4v) is 11.7. The number of unbranched alkanes of at least 4 members (excludes halogenated alkanes) is 3. The van der Waals surface area contributed by atoms with Crippen LogP contribution in [-0.4, -0.2) is 144 Å². The summed E-state index contributed by atoms with van der Waals surface area (Å²) in [6, 6.07) is 1.33. The largest absolute Gasteiger partial charge is 0.462 e. The Kier molecular flexibility index (Phi) is 26.2. The van der Waals surface area contributed by atoms with Crippen molar-refractivity contribution in [1.29, 1.82) is 0 Å². The minimum atomic E-state index is -1.69. The fraction of sp³-hybridized carbons (Fsp3) is 0.578. The number of allylic oxidation sites excluding steroid dienone is 4. The lowest BCUT2D eigenvalue weighted by Crippen LogP contribution is -2.53. The highest BCUT2D eigenvalue weighted by Gasteiger charge is 2.64. The van der Waals surface area contributed by atoms with Crippen LogP contribution in [0.25, 0.3) is 0 Å². The molecule has 4 bridgehead atoms. The number of benzene rings is 2. The molecule has 23 heteroatoms. The number of alkyl halides is 1. The number of urea groups is 1. The first-order valence-corrected chi connectivity index (χ1v) is 31.0. The summed E-state index contributed by atoms with van der Waals surface area (Å²) in [5.74, 6) is -9.20. The molecular weight excluding hydrogens is 1220 g/mol. The number of nitrogens with two attached hydrogens (primary N) is 1. The zero-order valence-electron chi connectivity index (χ0n) is 51.5. The molecule has 5 N–H and O–H groups in total. The van der Waals surface area contributed by atoms with Gasteiger partial charge < -0.3 is 50.2 Å². The van der Waals surface area contributed by atoms with Crippen molar-refractivity contribution in [2.75, 3.05) is 38.0 Å². The average Bonchev–Trinajstić information content (AvgIpc) is 1.61. The van der Waals surface area contributed by atoms with Crippen molar-refractivity contribution in [2.45, 2.75) is 186 Å². The standard InChI is InChI=1S/C64H85BrClF2N5O14/c1-35(2)44(29-43(74)19-14-12-13-15-21-50(75)38(5)34-65)59(79)71-48(20-17-23-70-62(69)82)51(76)28-42-27-47(68)45(30-46(42)67)60(80)72(9)40(7)61(81)86-54-31-55(77)73(10)49-26-41(25-37(4)57(49)66)24-36(3)18-16-22-53(84-11)64(83)32-52(85-56(78)33-64)39(6)58-63(54,8)87-58/h16,18,22,25-27,30,35,39-40,44,48,52-54,58,83H,5,12-15,17,19-21,23-24,28-29,31-34H2,1-4,6-11H3,(H,71,79)(H3,69,70,82)/b22-16+,36-18+/t39-,40+,44+,48+,52+,53-,54+,58+,63+,64-/m1/s1. The molecule has 0 saturated carbocycles. The molecule has 5 rings (SSSR count). The smallest absolute Gasteiger partial charge is 0.328 e. The Morgan fingerprint density at radius 1 is 1.01 bits per heavy atom. The molecule has 2 fully saturated rings. The van der Waals surface area contributed by atoms with E-state index in [9.17, 15) is 48.3 Å². The van der Waals surface area contributed by atoms with Gasteiger partial charge in [-0.2, -0.15) is 0 Å². The van der Waals surface area contributed by atoms with Crippen LogP contribution in [0.1, 0.15) is 146 Å². The number of esters is 2. The molecule has 5 amide bonds. The normalized spacial score (nSPS) is 24.3. The van der Waals surface area contributed by atoms with Crippen molar-refractivity contribution in [3.8, 4) is 0 Å².